The van der Waals surface area contributed by atoms with Crippen molar-refractivity contribution in [2.24, 2.45) is 0 Å². The van der Waals surface area contributed by atoms with Gasteiger partial charge < -0.3 is 21.3 Å². The molecule has 0 spiro atoms. The minimum atomic E-state index is -4.82. The van der Waals surface area contributed by atoms with Crippen LogP contribution in [0, 0.1) is 0 Å². The van der Waals surface area contributed by atoms with Crippen molar-refractivity contribution in [1.82, 2.24) is 10.6 Å². The Morgan fingerprint density at radius 1 is 0.596 bits per heavy atom. The normalized spacial score (nSPS) is 16.9. The second kappa shape index (κ2) is 13.8. The molecule has 2 aromatic carbocycles. The molecule has 4 amide bonds. The predicted octanol–water partition coefficient (Wildman–Crippen LogP) is 3.78. The summed E-state index contributed by atoms with van der Waals surface area (Å²) in [5, 5.41) is 10.3. The van der Waals surface area contributed by atoms with Gasteiger partial charge in [0.25, 0.3) is 32.1 Å². The van der Waals surface area contributed by atoms with E-state index in [1.165, 1.54) is 60.7 Å². The molecule has 0 aromatic heterocycles. The first-order chi connectivity index (χ1) is 24.6. The molecule has 17 heteroatoms. The Bertz CT molecular complexity index is 2330. The van der Waals surface area contributed by atoms with Gasteiger partial charge in [-0.15, -0.1) is 0 Å². The van der Waals surface area contributed by atoms with E-state index >= 15 is 0 Å². The van der Waals surface area contributed by atoms with Crippen molar-refractivity contribution in [2.75, 3.05) is 10.6 Å². The number of allylic oxidation sites excluding steroid dienone is 12. The predicted molar refractivity (Wildman–Crippen MR) is 187 cm³/mol. The Hall–Kier alpha value is -6.27. The molecule has 0 atom stereocenters. The molecule has 6 rings (SSSR count). The van der Waals surface area contributed by atoms with Gasteiger partial charge in [0.15, 0.2) is 0 Å². The summed E-state index contributed by atoms with van der Waals surface area (Å²) >= 11 is 0. The van der Waals surface area contributed by atoms with Crippen LogP contribution < -0.4 is 21.3 Å². The number of anilines is 2. The quantitative estimate of drug-likeness (QED) is 0.213. The molecule has 0 aliphatic heterocycles. The van der Waals surface area contributed by atoms with Crippen LogP contribution in [0.4, 0.5) is 16.2 Å². The highest BCUT2D eigenvalue weighted by Gasteiger charge is 2.35. The topological polar surface area (TPSA) is 242 Å². The van der Waals surface area contributed by atoms with Crippen molar-refractivity contribution in [3.05, 3.63) is 152 Å². The van der Waals surface area contributed by atoms with Crippen LogP contribution in [0.15, 0.2) is 141 Å². The Balaban J connectivity index is 1.11. The number of hydrogen-bond acceptors (Lipinski definition) is 9. The smallest absolute Gasteiger partial charge is 0.321 e. The summed E-state index contributed by atoms with van der Waals surface area (Å²) in [6.45, 7) is 0. The van der Waals surface area contributed by atoms with E-state index in [9.17, 15) is 49.9 Å². The maximum absolute atomic E-state index is 13.2. The van der Waals surface area contributed by atoms with E-state index in [-0.39, 0.29) is 69.0 Å². The molecule has 0 fully saturated rings. The average molecular weight is 743 g/mol. The molecule has 2 aromatic rings. The SMILES string of the molecule is O=C(Nc1cccc(C(=O)NC2=CC(=O)C(S(=O)(=O)O)=C3CC=CC=C23)c1)Nc1cccc(C(=O)NC2=CC(=O)C(S(=O)(=O)O)=C3CC=CC=C23)c1. The molecule has 0 unspecified atom stereocenters. The van der Waals surface area contributed by atoms with Gasteiger partial charge in [-0.1, -0.05) is 48.6 Å². The summed E-state index contributed by atoms with van der Waals surface area (Å²) in [5.74, 6) is -3.35. The van der Waals surface area contributed by atoms with E-state index in [1.807, 2.05) is 0 Å². The van der Waals surface area contributed by atoms with Crippen LogP contribution >= 0.6 is 0 Å². The van der Waals surface area contributed by atoms with E-state index in [4.69, 9.17) is 0 Å². The molecule has 6 N–H and O–H groups in total. The van der Waals surface area contributed by atoms with E-state index in [0.29, 0.717) is 0 Å². The van der Waals surface area contributed by atoms with E-state index < -0.39 is 59.5 Å². The molecule has 264 valence electrons. The molecule has 4 aliphatic rings. The van der Waals surface area contributed by atoms with Crippen LogP contribution in [0.3, 0.4) is 0 Å². The first-order valence-electron chi connectivity index (χ1n) is 15.2. The van der Waals surface area contributed by atoms with Gasteiger partial charge in [-0.3, -0.25) is 28.3 Å². The Kier molecular flexibility index (Phi) is 9.44. The lowest BCUT2D eigenvalue weighted by atomic mass is 9.89. The first-order valence-corrected chi connectivity index (χ1v) is 18.1. The fourth-order valence-electron chi connectivity index (χ4n) is 5.83. The summed E-state index contributed by atoms with van der Waals surface area (Å²) in [6.07, 6.45) is 11.3. The highest BCUT2D eigenvalue weighted by atomic mass is 32.2. The standard InChI is InChI=1S/C35H26N4O11S2/c40-29-17-27(23-11-1-3-13-25(23)31(29)51(45,46)47)38-33(42)19-7-5-9-21(15-19)36-35(44)37-22-10-6-8-20(16-22)34(43)39-28-18-30(41)32(52(48,49)50)26-14-4-2-12-24(26)28/h1-12,15-18H,13-14H2,(H,38,42)(H,39,43)(H2,36,37,44)(H,45,46,47)(H,48,49,50). The van der Waals surface area contributed by atoms with Crippen LogP contribution in [0.2, 0.25) is 0 Å². The number of nitrogens with one attached hydrogen (secondary N) is 4. The van der Waals surface area contributed by atoms with Gasteiger partial charge in [-0.05, 0) is 60.4 Å². The van der Waals surface area contributed by atoms with E-state index in [0.717, 1.165) is 12.2 Å². The molecule has 52 heavy (non-hydrogen) atoms. The highest BCUT2D eigenvalue weighted by Crippen LogP contribution is 2.36. The van der Waals surface area contributed by atoms with Crippen LogP contribution in [-0.4, -0.2) is 55.4 Å². The largest absolute Gasteiger partial charge is 0.323 e. The molecular weight excluding hydrogens is 717 g/mol. The van der Waals surface area contributed by atoms with Gasteiger partial charge in [0.2, 0.25) is 11.6 Å². The maximum Gasteiger partial charge on any atom is 0.323 e. The Morgan fingerprint density at radius 3 is 1.38 bits per heavy atom. The number of carbonyl (C=O) groups is 5. The number of rotatable bonds is 8. The summed E-state index contributed by atoms with van der Waals surface area (Å²) < 4.78 is 66.6. The van der Waals surface area contributed by atoms with Crippen molar-refractivity contribution in [2.45, 2.75) is 12.8 Å². The summed E-state index contributed by atoms with van der Waals surface area (Å²) in [4.78, 5) is 62.9. The average Bonchev–Trinajstić information content (AvgIpc) is 3.07. The third-order valence-electron chi connectivity index (χ3n) is 8.00. The summed E-state index contributed by atoms with van der Waals surface area (Å²) in [6, 6.07) is 10.8. The second-order valence-electron chi connectivity index (χ2n) is 11.5. The molecule has 0 saturated heterocycles. The number of amides is 4. The van der Waals surface area contributed by atoms with Crippen molar-refractivity contribution in [3.63, 3.8) is 0 Å². The lowest BCUT2D eigenvalue weighted by Gasteiger charge is -2.23. The van der Waals surface area contributed by atoms with E-state index in [1.54, 1.807) is 24.3 Å². The minimum Gasteiger partial charge on any atom is -0.321 e. The second-order valence-corrected chi connectivity index (χ2v) is 14.2. The van der Waals surface area contributed by atoms with Gasteiger partial charge in [-0.2, -0.15) is 16.8 Å². The van der Waals surface area contributed by atoms with Gasteiger partial charge in [-0.25, -0.2) is 4.79 Å². The zero-order chi connectivity index (χ0) is 37.4. The van der Waals surface area contributed by atoms with Gasteiger partial charge >= 0.3 is 6.03 Å². The van der Waals surface area contributed by atoms with Crippen molar-refractivity contribution < 1.29 is 49.9 Å². The Labute approximate surface area is 296 Å². The Morgan fingerprint density at radius 2 is 1.00 bits per heavy atom. The molecule has 0 bridgehead atoms. The maximum atomic E-state index is 13.2. The summed E-state index contributed by atoms with van der Waals surface area (Å²) in [7, 11) is -9.65. The molecule has 15 nitrogen and oxygen atoms in total. The number of urea groups is 1. The van der Waals surface area contributed by atoms with Crippen molar-refractivity contribution >= 4 is 61.0 Å². The van der Waals surface area contributed by atoms with Crippen LogP contribution in [0.1, 0.15) is 33.6 Å². The van der Waals surface area contributed by atoms with Gasteiger partial charge in [0.1, 0.15) is 9.81 Å². The fraction of sp³-hybridized carbons (Fsp3) is 0.0571. The van der Waals surface area contributed by atoms with Crippen LogP contribution in [0.5, 0.6) is 0 Å². The number of ketones is 2. The third kappa shape index (κ3) is 7.42. The zero-order valence-electron chi connectivity index (χ0n) is 26.5. The number of benzene rings is 2. The lowest BCUT2D eigenvalue weighted by molar-refractivity contribution is -0.111. The monoisotopic (exact) mass is 742 g/mol. The van der Waals surface area contributed by atoms with Gasteiger partial charge in [0, 0.05) is 45.8 Å². The van der Waals surface area contributed by atoms with Crippen molar-refractivity contribution in [1.29, 1.82) is 0 Å². The zero-order valence-corrected chi connectivity index (χ0v) is 28.2. The number of carbonyl (C=O) groups excluding carboxylic acids is 5. The lowest BCUT2D eigenvalue weighted by Crippen LogP contribution is -2.30. The van der Waals surface area contributed by atoms with Crippen molar-refractivity contribution in [3.8, 4) is 0 Å². The van der Waals surface area contributed by atoms with Crippen LogP contribution in [-0.2, 0) is 29.8 Å². The van der Waals surface area contributed by atoms with Crippen LogP contribution in [0.25, 0.3) is 0 Å². The first kappa shape index (κ1) is 35.6. The van der Waals surface area contributed by atoms with Gasteiger partial charge in [0.05, 0.1) is 11.4 Å². The minimum absolute atomic E-state index is 0.0280. The molecular formula is C35H26N4O11S2. The fourth-order valence-corrected chi connectivity index (χ4v) is 7.47. The number of hydrogen-bond donors (Lipinski definition) is 6. The number of fused-ring (bicyclic) bond motifs is 2. The highest BCUT2D eigenvalue weighted by molar-refractivity contribution is 7.91. The van der Waals surface area contributed by atoms with E-state index in [2.05, 4.69) is 21.3 Å². The molecule has 0 radical (unpaired) electrons. The molecule has 0 heterocycles. The molecule has 0 saturated carbocycles. The summed E-state index contributed by atoms with van der Waals surface area (Å²) in [5.41, 5.74) is 1.16. The molecule has 4 aliphatic carbocycles. The third-order valence-corrected chi connectivity index (χ3v) is 9.92.